The number of hydrogen-bond acceptors (Lipinski definition) is 9. The van der Waals surface area contributed by atoms with E-state index in [1.807, 2.05) is 23.5 Å². The van der Waals surface area contributed by atoms with Gasteiger partial charge >= 0.3 is 8.25 Å². The van der Waals surface area contributed by atoms with Gasteiger partial charge in [-0.15, -0.1) is 9.05 Å². The van der Waals surface area contributed by atoms with Crippen LogP contribution in [-0.2, 0) is 33.7 Å². The smallest absolute Gasteiger partial charge is 0.200 e. The summed E-state index contributed by atoms with van der Waals surface area (Å²) in [6, 6.07) is 12.4. The average Bonchev–Trinajstić information content (AvgIpc) is 2.73. The van der Waals surface area contributed by atoms with Crippen molar-refractivity contribution in [3.8, 4) is 0 Å². The Morgan fingerprint density at radius 1 is 0.750 bits per heavy atom. The van der Waals surface area contributed by atoms with Crippen molar-refractivity contribution in [3.63, 3.8) is 0 Å². The first-order valence-corrected chi connectivity index (χ1v) is 13.1. The molecule has 0 saturated heterocycles. The second-order valence-corrected chi connectivity index (χ2v) is 10.5. The molecule has 32 heavy (non-hydrogen) atoms. The molecule has 0 spiro atoms. The fourth-order valence-electron chi connectivity index (χ4n) is 2.05. The van der Waals surface area contributed by atoms with E-state index in [2.05, 4.69) is 10.2 Å². The van der Waals surface area contributed by atoms with Crippen LogP contribution >= 0.6 is 8.25 Å². The maximum atomic E-state index is 12.0. The van der Waals surface area contributed by atoms with Crippen LogP contribution in [0.15, 0.2) is 68.5 Å². The zero-order chi connectivity index (χ0) is 23.6. The van der Waals surface area contributed by atoms with Gasteiger partial charge in [0.15, 0.2) is 0 Å². The van der Waals surface area contributed by atoms with Crippen molar-refractivity contribution in [2.24, 2.45) is 10.2 Å². The fraction of sp³-hybridized carbons (Fsp3) is 0.222. The second kappa shape index (κ2) is 11.8. The van der Waals surface area contributed by atoms with Gasteiger partial charge in [-0.3, -0.25) is 0 Å². The quantitative estimate of drug-likeness (QED) is 0.257. The monoisotopic (exact) mass is 501 g/mol. The summed E-state index contributed by atoms with van der Waals surface area (Å²) in [4.78, 5) is 4.10. The van der Waals surface area contributed by atoms with Gasteiger partial charge in [-0.1, -0.05) is 35.4 Å². The molecule has 2 aromatic rings. The maximum Gasteiger partial charge on any atom is 0.698 e. The summed E-state index contributed by atoms with van der Waals surface area (Å²) in [6.07, 6.45) is 2.12. The maximum absolute atomic E-state index is 12.0. The highest BCUT2D eigenvalue weighted by atomic mass is 32.2. The number of sulfonamides is 2. The average molecular weight is 502 g/mol. The molecule has 172 valence electrons. The number of hydrazone groups is 2. The van der Waals surface area contributed by atoms with E-state index in [0.717, 1.165) is 23.6 Å². The van der Waals surface area contributed by atoms with E-state index in [1.54, 1.807) is 24.3 Å². The van der Waals surface area contributed by atoms with Crippen molar-refractivity contribution in [1.29, 1.82) is 0 Å². The Kier molecular flexibility index (Phi) is 9.42. The van der Waals surface area contributed by atoms with Gasteiger partial charge in [-0.25, -0.2) is 9.66 Å². The minimum Gasteiger partial charge on any atom is -0.200 e. The molecule has 2 aromatic carbocycles. The molecule has 0 aliphatic carbocycles. The molecule has 0 aromatic heterocycles. The SMILES string of the molecule is Cc1ccc(S(=O)(=O)N/N=C/CO[P+](=O)OC/C=N/NS(=O)(=O)c2ccc(C)cc2)cc1. The van der Waals surface area contributed by atoms with Crippen molar-refractivity contribution >= 4 is 40.7 Å². The molecule has 0 radical (unpaired) electrons. The molecule has 11 nitrogen and oxygen atoms in total. The van der Waals surface area contributed by atoms with Gasteiger partial charge in [-0.2, -0.15) is 27.0 Å². The van der Waals surface area contributed by atoms with E-state index in [-0.39, 0.29) is 23.0 Å². The summed E-state index contributed by atoms with van der Waals surface area (Å²) in [5.41, 5.74) is 1.83. The molecule has 2 rings (SSSR count). The Balaban J connectivity index is 1.68. The second-order valence-electron chi connectivity index (χ2n) is 6.25. The highest BCUT2D eigenvalue weighted by Gasteiger charge is 2.19. The highest BCUT2D eigenvalue weighted by Crippen LogP contribution is 2.22. The van der Waals surface area contributed by atoms with Crippen LogP contribution in [0.1, 0.15) is 11.1 Å². The summed E-state index contributed by atoms with van der Waals surface area (Å²) in [5, 5.41) is 7.02. The molecule has 0 heterocycles. The van der Waals surface area contributed by atoms with Crippen molar-refractivity contribution < 1.29 is 30.4 Å². The summed E-state index contributed by atoms with van der Waals surface area (Å²) >= 11 is 0. The van der Waals surface area contributed by atoms with Gasteiger partial charge in [0.1, 0.15) is 13.2 Å². The Morgan fingerprint density at radius 3 is 1.44 bits per heavy atom. The first-order valence-electron chi connectivity index (χ1n) is 9.03. The summed E-state index contributed by atoms with van der Waals surface area (Å²) < 4.78 is 69.2. The van der Waals surface area contributed by atoms with Crippen LogP contribution < -0.4 is 9.66 Å². The molecule has 0 aliphatic rings. The predicted octanol–water partition coefficient (Wildman–Crippen LogP) is 2.22. The zero-order valence-electron chi connectivity index (χ0n) is 17.2. The van der Waals surface area contributed by atoms with Gasteiger partial charge in [-0.05, 0) is 38.1 Å². The third-order valence-electron chi connectivity index (χ3n) is 3.70. The van der Waals surface area contributed by atoms with Gasteiger partial charge < -0.3 is 0 Å². The third-order valence-corrected chi connectivity index (χ3v) is 6.90. The first-order chi connectivity index (χ1) is 15.1. The Hall–Kier alpha value is -2.70. The van der Waals surface area contributed by atoms with Crippen molar-refractivity contribution in [3.05, 3.63) is 59.7 Å². The van der Waals surface area contributed by atoms with Crippen LogP contribution in [0.2, 0.25) is 0 Å². The van der Waals surface area contributed by atoms with E-state index >= 15 is 0 Å². The number of rotatable bonds is 12. The topological polar surface area (TPSA) is 153 Å². The predicted molar refractivity (Wildman–Crippen MR) is 119 cm³/mol. The highest BCUT2D eigenvalue weighted by molar-refractivity contribution is 7.89. The van der Waals surface area contributed by atoms with Crippen molar-refractivity contribution in [2.45, 2.75) is 23.6 Å². The molecule has 0 saturated carbocycles. The molecule has 2 N–H and O–H groups in total. The molecule has 0 amide bonds. The number of hydrogen-bond donors (Lipinski definition) is 2. The number of aryl methyl sites for hydroxylation is 2. The zero-order valence-corrected chi connectivity index (χ0v) is 19.7. The lowest BCUT2D eigenvalue weighted by Crippen LogP contribution is -2.18. The molecule has 0 atom stereocenters. The molecule has 14 heteroatoms. The van der Waals surface area contributed by atoms with Crippen LogP contribution in [0.4, 0.5) is 0 Å². The van der Waals surface area contributed by atoms with Gasteiger partial charge in [0.25, 0.3) is 20.0 Å². The van der Waals surface area contributed by atoms with Gasteiger partial charge in [0, 0.05) is 4.57 Å². The van der Waals surface area contributed by atoms with E-state index in [9.17, 15) is 21.4 Å². The summed E-state index contributed by atoms with van der Waals surface area (Å²) in [5.74, 6) is 0. The molecule has 0 unspecified atom stereocenters. The van der Waals surface area contributed by atoms with E-state index in [1.165, 1.54) is 24.3 Å². The van der Waals surface area contributed by atoms with Gasteiger partial charge in [0.2, 0.25) is 0 Å². The minimum atomic E-state index is -3.81. The van der Waals surface area contributed by atoms with Crippen LogP contribution in [0.3, 0.4) is 0 Å². The molecule has 0 bridgehead atoms. The van der Waals surface area contributed by atoms with Crippen LogP contribution in [0.5, 0.6) is 0 Å². The fourth-order valence-corrected chi connectivity index (χ4v) is 4.13. The molecular formula is C18H22N4O7PS2+. The van der Waals surface area contributed by atoms with Crippen molar-refractivity contribution in [2.75, 3.05) is 13.2 Å². The standard InChI is InChI=1S/C18H22N4O7PS2/c1-15-3-7-17(8-4-15)31(24,25)21-19-11-13-28-30(23)29-14-12-20-22-32(26,27)18-9-5-16(2)6-10-18/h3-12,21-22H,13-14H2,1-2H3/q+1/b19-11+,20-12+. The summed E-state index contributed by atoms with van der Waals surface area (Å²) in [6.45, 7) is 3.09. The Morgan fingerprint density at radius 2 is 1.09 bits per heavy atom. The van der Waals surface area contributed by atoms with E-state index in [4.69, 9.17) is 9.05 Å². The lowest BCUT2D eigenvalue weighted by molar-refractivity contribution is 0.274. The lowest BCUT2D eigenvalue weighted by atomic mass is 10.2. The largest absolute Gasteiger partial charge is 0.698 e. The third kappa shape index (κ3) is 8.44. The van der Waals surface area contributed by atoms with Crippen LogP contribution in [0, 0.1) is 13.8 Å². The number of nitrogens with zero attached hydrogens (tertiary/aromatic N) is 2. The summed E-state index contributed by atoms with van der Waals surface area (Å²) in [7, 11) is -10.2. The normalized spacial score (nSPS) is 12.3. The number of benzene rings is 2. The minimum absolute atomic E-state index is 0.0490. The number of nitrogens with one attached hydrogen (secondary N) is 2. The van der Waals surface area contributed by atoms with Crippen molar-refractivity contribution in [1.82, 2.24) is 9.66 Å². The molecular weight excluding hydrogens is 479 g/mol. The van der Waals surface area contributed by atoms with E-state index in [0.29, 0.717) is 0 Å². The molecule has 0 aliphatic heterocycles. The van der Waals surface area contributed by atoms with Crippen LogP contribution in [0.25, 0.3) is 0 Å². The lowest BCUT2D eigenvalue weighted by Gasteiger charge is -2.03. The van der Waals surface area contributed by atoms with E-state index < -0.39 is 28.3 Å². The van der Waals surface area contributed by atoms with Gasteiger partial charge in [0.05, 0.1) is 22.2 Å². The molecule has 0 fully saturated rings. The Bertz CT molecular complexity index is 1090. The first kappa shape index (κ1) is 25.6. The Labute approximate surface area is 187 Å². The van der Waals surface area contributed by atoms with Crippen LogP contribution in [-0.4, -0.2) is 42.5 Å².